The Morgan fingerprint density at radius 3 is 2.94 bits per heavy atom. The average molecular weight is 266 g/mol. The minimum Gasteiger partial charge on any atom is -0.308 e. The summed E-state index contributed by atoms with van der Waals surface area (Å²) in [6, 6.07) is 4.66. The Balaban J connectivity index is 1.78. The Kier molecular flexibility index (Phi) is 4.71. The number of hydrogen-bond acceptors (Lipinski definition) is 4. The third-order valence-corrected chi connectivity index (χ3v) is 4.95. The Hall–Kier alpha value is -0.710. The van der Waals surface area contributed by atoms with Crippen LogP contribution in [-0.2, 0) is 12.8 Å². The van der Waals surface area contributed by atoms with E-state index in [1.54, 1.807) is 0 Å². The summed E-state index contributed by atoms with van der Waals surface area (Å²) in [7, 11) is 0. The van der Waals surface area contributed by atoms with Gasteiger partial charge in [-0.3, -0.25) is 0 Å². The number of thiophene rings is 1. The predicted octanol–water partition coefficient (Wildman–Crippen LogP) is 3.66. The van der Waals surface area contributed by atoms with E-state index in [4.69, 9.17) is 0 Å². The van der Waals surface area contributed by atoms with Gasteiger partial charge in [0, 0.05) is 22.5 Å². The second-order valence-electron chi connectivity index (χ2n) is 4.02. The van der Waals surface area contributed by atoms with E-state index < -0.39 is 0 Å². The molecule has 0 saturated carbocycles. The molecule has 17 heavy (non-hydrogen) atoms. The minimum atomic E-state index is 0.361. The maximum Gasteiger partial charge on any atom is 0.109 e. The summed E-state index contributed by atoms with van der Waals surface area (Å²) < 4.78 is 0. The van der Waals surface area contributed by atoms with Crippen molar-refractivity contribution in [1.82, 2.24) is 10.3 Å². The van der Waals surface area contributed by atoms with Crippen LogP contribution < -0.4 is 5.32 Å². The summed E-state index contributed by atoms with van der Waals surface area (Å²) in [6.45, 7) is 5.38. The molecule has 0 spiro atoms. The second-order valence-corrected chi connectivity index (χ2v) is 6.20. The molecule has 0 aliphatic carbocycles. The van der Waals surface area contributed by atoms with E-state index >= 15 is 0 Å². The van der Waals surface area contributed by atoms with Gasteiger partial charge in [-0.15, -0.1) is 22.7 Å². The number of nitrogens with zero attached hydrogens (tertiary/aromatic N) is 1. The number of rotatable bonds is 6. The molecule has 2 aromatic heterocycles. The molecule has 0 bridgehead atoms. The van der Waals surface area contributed by atoms with Gasteiger partial charge in [0.2, 0.25) is 0 Å². The fourth-order valence-electron chi connectivity index (χ4n) is 1.64. The first-order valence-corrected chi connectivity index (χ1v) is 7.69. The van der Waals surface area contributed by atoms with E-state index in [0.717, 1.165) is 19.4 Å². The van der Waals surface area contributed by atoms with Crippen LogP contribution in [0.3, 0.4) is 0 Å². The molecular formula is C13H18N2S2. The third kappa shape index (κ3) is 3.63. The highest BCUT2D eigenvalue weighted by Gasteiger charge is 2.09. The SMILES string of the molecule is CCc1cnc(C(C)NCCc2cccs2)s1. The molecule has 0 fully saturated rings. The fourth-order valence-corrected chi connectivity index (χ4v) is 3.23. The molecule has 2 aromatic rings. The standard InChI is InChI=1S/C13H18N2S2/c1-3-11-9-15-13(17-11)10(2)14-7-6-12-5-4-8-16-12/h4-5,8-10,14H,3,6-7H2,1-2H3. The molecule has 0 aromatic carbocycles. The Bertz CT molecular complexity index is 434. The predicted molar refractivity (Wildman–Crippen MR) is 75.9 cm³/mol. The van der Waals surface area contributed by atoms with Crippen LogP contribution in [0.1, 0.15) is 34.7 Å². The van der Waals surface area contributed by atoms with Crippen LogP contribution in [0.25, 0.3) is 0 Å². The van der Waals surface area contributed by atoms with Gasteiger partial charge in [0.1, 0.15) is 5.01 Å². The van der Waals surface area contributed by atoms with Crippen molar-refractivity contribution in [3.63, 3.8) is 0 Å². The molecule has 4 heteroatoms. The van der Waals surface area contributed by atoms with Gasteiger partial charge in [0.05, 0.1) is 6.04 Å². The molecule has 0 saturated heterocycles. The highest BCUT2D eigenvalue weighted by atomic mass is 32.1. The molecule has 0 aliphatic rings. The minimum absolute atomic E-state index is 0.361. The highest BCUT2D eigenvalue weighted by Crippen LogP contribution is 2.20. The molecule has 2 nitrogen and oxygen atoms in total. The monoisotopic (exact) mass is 266 g/mol. The Labute approximate surface area is 111 Å². The van der Waals surface area contributed by atoms with E-state index in [1.807, 2.05) is 28.9 Å². The van der Waals surface area contributed by atoms with Gasteiger partial charge in [-0.05, 0) is 31.2 Å². The topological polar surface area (TPSA) is 24.9 Å². The van der Waals surface area contributed by atoms with Crippen LogP contribution in [0.5, 0.6) is 0 Å². The van der Waals surface area contributed by atoms with Gasteiger partial charge in [-0.25, -0.2) is 4.98 Å². The van der Waals surface area contributed by atoms with Crippen LogP contribution in [-0.4, -0.2) is 11.5 Å². The van der Waals surface area contributed by atoms with Gasteiger partial charge in [0.25, 0.3) is 0 Å². The zero-order valence-corrected chi connectivity index (χ0v) is 11.9. The molecule has 0 amide bonds. The van der Waals surface area contributed by atoms with E-state index in [2.05, 4.69) is 41.7 Å². The lowest BCUT2D eigenvalue weighted by atomic mass is 10.3. The van der Waals surface area contributed by atoms with E-state index in [9.17, 15) is 0 Å². The summed E-state index contributed by atoms with van der Waals surface area (Å²) in [5.41, 5.74) is 0. The van der Waals surface area contributed by atoms with Crippen molar-refractivity contribution >= 4 is 22.7 Å². The summed E-state index contributed by atoms with van der Waals surface area (Å²) in [6.07, 6.45) is 4.19. The molecule has 0 aliphatic heterocycles. The van der Waals surface area contributed by atoms with Crippen LogP contribution >= 0.6 is 22.7 Å². The maximum absolute atomic E-state index is 4.46. The molecular weight excluding hydrogens is 248 g/mol. The summed E-state index contributed by atoms with van der Waals surface area (Å²) in [5.74, 6) is 0. The number of thiazole rings is 1. The summed E-state index contributed by atoms with van der Waals surface area (Å²) >= 11 is 3.64. The van der Waals surface area contributed by atoms with E-state index in [1.165, 1.54) is 14.8 Å². The van der Waals surface area contributed by atoms with Crippen molar-refractivity contribution in [1.29, 1.82) is 0 Å². The van der Waals surface area contributed by atoms with Crippen LogP contribution in [0.4, 0.5) is 0 Å². The quantitative estimate of drug-likeness (QED) is 0.863. The van der Waals surface area contributed by atoms with Crippen molar-refractivity contribution in [2.45, 2.75) is 32.7 Å². The van der Waals surface area contributed by atoms with Crippen molar-refractivity contribution in [3.05, 3.63) is 38.5 Å². The fraction of sp³-hybridized carbons (Fsp3) is 0.462. The maximum atomic E-state index is 4.46. The van der Waals surface area contributed by atoms with Crippen molar-refractivity contribution in [3.8, 4) is 0 Å². The second kappa shape index (κ2) is 6.28. The zero-order valence-electron chi connectivity index (χ0n) is 10.3. The normalized spacial score (nSPS) is 12.8. The third-order valence-electron chi connectivity index (χ3n) is 2.69. The zero-order chi connectivity index (χ0) is 12.1. The van der Waals surface area contributed by atoms with Crippen molar-refractivity contribution in [2.24, 2.45) is 0 Å². The Morgan fingerprint density at radius 2 is 2.29 bits per heavy atom. The van der Waals surface area contributed by atoms with Crippen molar-refractivity contribution < 1.29 is 0 Å². The first kappa shape index (κ1) is 12.7. The lowest BCUT2D eigenvalue weighted by Gasteiger charge is -2.10. The molecule has 1 atom stereocenters. The highest BCUT2D eigenvalue weighted by molar-refractivity contribution is 7.11. The van der Waals surface area contributed by atoms with Crippen LogP contribution in [0, 0.1) is 0 Å². The van der Waals surface area contributed by atoms with Gasteiger partial charge in [-0.2, -0.15) is 0 Å². The van der Waals surface area contributed by atoms with E-state index in [-0.39, 0.29) is 0 Å². The molecule has 2 rings (SSSR count). The van der Waals surface area contributed by atoms with Gasteiger partial charge in [0.15, 0.2) is 0 Å². The number of hydrogen-bond donors (Lipinski definition) is 1. The van der Waals surface area contributed by atoms with E-state index in [0.29, 0.717) is 6.04 Å². The van der Waals surface area contributed by atoms with Crippen LogP contribution in [0.2, 0.25) is 0 Å². The molecule has 1 N–H and O–H groups in total. The smallest absolute Gasteiger partial charge is 0.109 e. The first-order chi connectivity index (χ1) is 8.29. The Morgan fingerprint density at radius 1 is 1.41 bits per heavy atom. The van der Waals surface area contributed by atoms with Crippen LogP contribution in [0.15, 0.2) is 23.7 Å². The van der Waals surface area contributed by atoms with Gasteiger partial charge in [-0.1, -0.05) is 13.0 Å². The lowest BCUT2D eigenvalue weighted by Crippen LogP contribution is -2.20. The average Bonchev–Trinajstić information content (AvgIpc) is 2.99. The lowest BCUT2D eigenvalue weighted by molar-refractivity contribution is 0.576. The summed E-state index contributed by atoms with van der Waals surface area (Å²) in [5, 5.41) is 6.86. The largest absolute Gasteiger partial charge is 0.308 e. The molecule has 2 heterocycles. The number of aromatic nitrogens is 1. The molecule has 1 unspecified atom stereocenters. The summed E-state index contributed by atoms with van der Waals surface area (Å²) in [4.78, 5) is 7.27. The molecule has 92 valence electrons. The van der Waals surface area contributed by atoms with Gasteiger partial charge >= 0.3 is 0 Å². The number of nitrogens with one attached hydrogen (secondary N) is 1. The van der Waals surface area contributed by atoms with Crippen molar-refractivity contribution in [2.75, 3.05) is 6.54 Å². The number of aryl methyl sites for hydroxylation is 1. The molecule has 0 radical (unpaired) electrons. The van der Waals surface area contributed by atoms with Gasteiger partial charge < -0.3 is 5.32 Å². The first-order valence-electron chi connectivity index (χ1n) is 6.00.